The molecule has 0 bridgehead atoms. The number of H-pyrrole nitrogens is 1. The van der Waals surface area contributed by atoms with E-state index in [9.17, 15) is 0 Å². The maximum Gasteiger partial charge on any atom is 0.178 e. The Hall–Kier alpha value is -1.99. The number of aromatic amines is 1. The molecular formula is C11H8ClN3O. The number of halogens is 1. The van der Waals surface area contributed by atoms with Crippen LogP contribution in [0.3, 0.4) is 0 Å². The molecule has 0 spiro atoms. The van der Waals surface area contributed by atoms with Crippen LogP contribution >= 0.6 is 11.6 Å². The van der Waals surface area contributed by atoms with Gasteiger partial charge in [0.25, 0.3) is 0 Å². The van der Waals surface area contributed by atoms with Gasteiger partial charge in [-0.3, -0.25) is 0 Å². The van der Waals surface area contributed by atoms with E-state index in [4.69, 9.17) is 21.6 Å². The summed E-state index contributed by atoms with van der Waals surface area (Å²) < 4.78 is 5.05. The molecular weight excluding hydrogens is 226 g/mol. The number of aromatic nitrogens is 2. The first-order valence-corrected chi connectivity index (χ1v) is 4.92. The van der Waals surface area contributed by atoms with Crippen LogP contribution in [-0.2, 0) is 0 Å². The van der Waals surface area contributed by atoms with Gasteiger partial charge < -0.3 is 9.72 Å². The molecule has 0 unspecified atom stereocenters. The van der Waals surface area contributed by atoms with Gasteiger partial charge in [0.1, 0.15) is 22.8 Å². The van der Waals surface area contributed by atoms with Crippen LogP contribution in [0.4, 0.5) is 0 Å². The van der Waals surface area contributed by atoms with Crippen LogP contribution in [0, 0.1) is 11.3 Å². The molecule has 0 aliphatic rings. The Kier molecular flexibility index (Phi) is 2.80. The second kappa shape index (κ2) is 4.25. The molecule has 1 heterocycles. The molecule has 0 saturated carbocycles. The summed E-state index contributed by atoms with van der Waals surface area (Å²) in [5, 5.41) is 8.98. The lowest BCUT2D eigenvalue weighted by Gasteiger charge is -2.00. The third kappa shape index (κ3) is 1.86. The van der Waals surface area contributed by atoms with Crippen LogP contribution in [0.2, 0.25) is 5.15 Å². The third-order valence-corrected chi connectivity index (χ3v) is 2.40. The number of hydrogen-bond acceptors (Lipinski definition) is 3. The van der Waals surface area contributed by atoms with Gasteiger partial charge in [-0.15, -0.1) is 0 Å². The van der Waals surface area contributed by atoms with E-state index in [1.807, 2.05) is 30.3 Å². The van der Waals surface area contributed by atoms with Crippen LogP contribution in [0.15, 0.2) is 24.3 Å². The van der Waals surface area contributed by atoms with E-state index < -0.39 is 0 Å². The highest BCUT2D eigenvalue weighted by molar-refractivity contribution is 6.30. The Balaban J connectivity index is 2.39. The Morgan fingerprint density at radius 1 is 1.38 bits per heavy atom. The van der Waals surface area contributed by atoms with Gasteiger partial charge in [-0.25, -0.2) is 4.98 Å². The van der Waals surface area contributed by atoms with E-state index in [-0.39, 0.29) is 10.8 Å². The first-order chi connectivity index (χ1) is 7.74. The van der Waals surface area contributed by atoms with E-state index >= 15 is 0 Å². The number of benzene rings is 1. The molecule has 5 heteroatoms. The highest BCUT2D eigenvalue weighted by Gasteiger charge is 2.08. The minimum atomic E-state index is 0.201. The smallest absolute Gasteiger partial charge is 0.178 e. The Morgan fingerprint density at radius 2 is 2.06 bits per heavy atom. The second-order valence-corrected chi connectivity index (χ2v) is 3.47. The number of ether oxygens (including phenoxy) is 1. The summed E-state index contributed by atoms with van der Waals surface area (Å²) in [4.78, 5) is 6.90. The number of rotatable bonds is 2. The van der Waals surface area contributed by atoms with Gasteiger partial charge in [-0.2, -0.15) is 5.26 Å². The van der Waals surface area contributed by atoms with Gasteiger partial charge in [0.05, 0.1) is 7.11 Å². The fourth-order valence-electron chi connectivity index (χ4n) is 1.31. The molecule has 2 aromatic rings. The zero-order chi connectivity index (χ0) is 11.5. The molecule has 0 amide bonds. The summed E-state index contributed by atoms with van der Waals surface area (Å²) in [6.45, 7) is 0. The molecule has 16 heavy (non-hydrogen) atoms. The number of nitrogens with zero attached hydrogens (tertiary/aromatic N) is 2. The first kappa shape index (κ1) is 10.5. The van der Waals surface area contributed by atoms with Crippen molar-refractivity contribution >= 4 is 11.6 Å². The largest absolute Gasteiger partial charge is 0.497 e. The molecule has 1 aromatic heterocycles. The molecule has 0 aliphatic carbocycles. The van der Waals surface area contributed by atoms with E-state index in [0.29, 0.717) is 5.82 Å². The van der Waals surface area contributed by atoms with Crippen LogP contribution in [0.1, 0.15) is 5.69 Å². The monoisotopic (exact) mass is 233 g/mol. The van der Waals surface area contributed by atoms with Crippen LogP contribution < -0.4 is 4.74 Å². The van der Waals surface area contributed by atoms with Crippen molar-refractivity contribution in [3.8, 4) is 23.2 Å². The summed E-state index contributed by atoms with van der Waals surface area (Å²) in [5.41, 5.74) is 1.05. The lowest BCUT2D eigenvalue weighted by molar-refractivity contribution is 0.415. The van der Waals surface area contributed by atoms with Crippen molar-refractivity contribution in [2.45, 2.75) is 0 Å². The van der Waals surface area contributed by atoms with E-state index in [1.54, 1.807) is 7.11 Å². The third-order valence-electron chi connectivity index (χ3n) is 2.13. The van der Waals surface area contributed by atoms with Crippen molar-refractivity contribution in [3.63, 3.8) is 0 Å². The number of methoxy groups -OCH3 is 1. The van der Waals surface area contributed by atoms with Gasteiger partial charge in [0.2, 0.25) is 0 Å². The Bertz CT molecular complexity index is 539. The summed E-state index contributed by atoms with van der Waals surface area (Å²) in [6.07, 6.45) is 0. The van der Waals surface area contributed by atoms with Crippen molar-refractivity contribution < 1.29 is 4.74 Å². The molecule has 1 aromatic carbocycles. The highest BCUT2D eigenvalue weighted by Crippen LogP contribution is 2.22. The maximum absolute atomic E-state index is 8.72. The lowest BCUT2D eigenvalue weighted by atomic mass is 10.2. The normalized spacial score (nSPS) is 9.81. The Morgan fingerprint density at radius 3 is 2.56 bits per heavy atom. The summed E-state index contributed by atoms with van der Waals surface area (Å²) in [7, 11) is 1.60. The van der Waals surface area contributed by atoms with E-state index in [2.05, 4.69) is 9.97 Å². The summed E-state index contributed by atoms with van der Waals surface area (Å²) in [5.74, 6) is 1.34. The van der Waals surface area contributed by atoms with Gasteiger partial charge in [-0.1, -0.05) is 11.6 Å². The van der Waals surface area contributed by atoms with Crippen LogP contribution in [0.5, 0.6) is 5.75 Å². The summed E-state index contributed by atoms with van der Waals surface area (Å²) in [6, 6.07) is 9.23. The van der Waals surface area contributed by atoms with Crippen molar-refractivity contribution in [1.29, 1.82) is 5.26 Å². The summed E-state index contributed by atoms with van der Waals surface area (Å²) >= 11 is 5.79. The van der Waals surface area contributed by atoms with Crippen molar-refractivity contribution in [2.24, 2.45) is 0 Å². The van der Waals surface area contributed by atoms with E-state index in [1.165, 1.54) is 0 Å². The SMILES string of the molecule is COc1ccc(-c2nc(C#N)c(Cl)[nH]2)cc1. The van der Waals surface area contributed by atoms with Gasteiger partial charge in [0.15, 0.2) is 5.69 Å². The molecule has 0 saturated heterocycles. The standard InChI is InChI=1S/C11H8ClN3O/c1-16-8-4-2-7(3-5-8)11-14-9(6-13)10(12)15-11/h2-5H,1H3,(H,14,15). The van der Waals surface area contributed by atoms with Gasteiger partial charge in [0, 0.05) is 5.56 Å². The molecule has 0 aliphatic heterocycles. The predicted molar refractivity (Wildman–Crippen MR) is 60.3 cm³/mol. The number of hydrogen-bond donors (Lipinski definition) is 1. The fourth-order valence-corrected chi connectivity index (χ4v) is 1.49. The quantitative estimate of drug-likeness (QED) is 0.867. The van der Waals surface area contributed by atoms with Crippen LogP contribution in [-0.4, -0.2) is 17.1 Å². The zero-order valence-corrected chi connectivity index (χ0v) is 9.25. The first-order valence-electron chi connectivity index (χ1n) is 4.54. The number of imidazole rings is 1. The molecule has 1 N–H and O–H groups in total. The fraction of sp³-hybridized carbons (Fsp3) is 0.0909. The van der Waals surface area contributed by atoms with Crippen molar-refractivity contribution in [3.05, 3.63) is 35.1 Å². The minimum absolute atomic E-state index is 0.201. The minimum Gasteiger partial charge on any atom is -0.497 e. The molecule has 80 valence electrons. The molecule has 4 nitrogen and oxygen atoms in total. The average molecular weight is 234 g/mol. The van der Waals surface area contributed by atoms with Crippen LogP contribution in [0.25, 0.3) is 11.4 Å². The average Bonchev–Trinajstić information content (AvgIpc) is 2.71. The number of nitrogens with one attached hydrogen (secondary N) is 1. The maximum atomic E-state index is 8.72. The van der Waals surface area contributed by atoms with Gasteiger partial charge >= 0.3 is 0 Å². The lowest BCUT2D eigenvalue weighted by Crippen LogP contribution is -1.84. The Labute approximate surface area is 97.5 Å². The predicted octanol–water partition coefficient (Wildman–Crippen LogP) is 2.61. The number of nitriles is 1. The molecule has 2 rings (SSSR count). The van der Waals surface area contributed by atoms with Gasteiger partial charge in [-0.05, 0) is 24.3 Å². The highest BCUT2D eigenvalue weighted by atomic mass is 35.5. The zero-order valence-electron chi connectivity index (χ0n) is 8.49. The topological polar surface area (TPSA) is 61.7 Å². The van der Waals surface area contributed by atoms with Crippen molar-refractivity contribution in [2.75, 3.05) is 7.11 Å². The second-order valence-electron chi connectivity index (χ2n) is 3.09. The van der Waals surface area contributed by atoms with Crippen molar-refractivity contribution in [1.82, 2.24) is 9.97 Å². The molecule has 0 atom stereocenters. The molecule has 0 radical (unpaired) electrons. The molecule has 0 fully saturated rings. The van der Waals surface area contributed by atoms with E-state index in [0.717, 1.165) is 11.3 Å².